The molecule has 0 aromatic heterocycles. The maximum atomic E-state index is 11.8. The molecule has 0 bridgehead atoms. The summed E-state index contributed by atoms with van der Waals surface area (Å²) in [5.74, 6) is 0.770. The fraction of sp³-hybridized carbons (Fsp3) is 0.400. The van der Waals surface area contributed by atoms with E-state index in [2.05, 4.69) is 4.72 Å². The van der Waals surface area contributed by atoms with Crippen LogP contribution in [0.5, 0.6) is 0 Å². The first-order valence-electron chi connectivity index (χ1n) is 4.62. The van der Waals surface area contributed by atoms with Crippen LogP contribution in [0.15, 0.2) is 35.2 Å². The summed E-state index contributed by atoms with van der Waals surface area (Å²) in [5, 5.41) is 0. The van der Waals surface area contributed by atoms with Crippen LogP contribution in [0.3, 0.4) is 0 Å². The Kier molecular flexibility index (Phi) is 4.63. The molecule has 1 rings (SSSR count). The van der Waals surface area contributed by atoms with Crippen LogP contribution in [0.4, 0.5) is 0 Å². The predicted octanol–water partition coefficient (Wildman–Crippen LogP) is 1.72. The molecule has 0 spiro atoms. The highest BCUT2D eigenvalue weighted by molar-refractivity contribution is 7.98. The minimum Gasteiger partial charge on any atom is -0.208 e. The lowest BCUT2D eigenvalue weighted by molar-refractivity contribution is 0.571. The van der Waals surface area contributed by atoms with Crippen LogP contribution in [0.2, 0.25) is 0 Å². The maximum Gasteiger partial charge on any atom is 0.240 e. The molecule has 0 aliphatic heterocycles. The van der Waals surface area contributed by atoms with Gasteiger partial charge in [0, 0.05) is 11.8 Å². The van der Waals surface area contributed by atoms with Crippen LogP contribution in [-0.2, 0) is 10.0 Å². The summed E-state index contributed by atoms with van der Waals surface area (Å²) in [5.41, 5.74) is 0. The van der Waals surface area contributed by atoms with Gasteiger partial charge in [-0.1, -0.05) is 18.2 Å². The molecule has 1 unspecified atom stereocenters. The average molecular weight is 245 g/mol. The summed E-state index contributed by atoms with van der Waals surface area (Å²) in [4.78, 5) is 0.318. The van der Waals surface area contributed by atoms with E-state index in [0.29, 0.717) is 4.90 Å². The SMILES string of the molecule is CSCC(C)NS(=O)(=O)c1ccccc1. The number of sulfonamides is 1. The van der Waals surface area contributed by atoms with Crippen molar-refractivity contribution in [3.05, 3.63) is 30.3 Å². The zero-order valence-electron chi connectivity index (χ0n) is 8.80. The van der Waals surface area contributed by atoms with Gasteiger partial charge in [-0.25, -0.2) is 13.1 Å². The van der Waals surface area contributed by atoms with Crippen molar-refractivity contribution in [2.45, 2.75) is 17.9 Å². The standard InChI is InChI=1S/C10H15NO2S2/c1-9(8-14-2)11-15(12,13)10-6-4-3-5-7-10/h3-7,9,11H,8H2,1-2H3. The molecule has 0 radical (unpaired) electrons. The highest BCUT2D eigenvalue weighted by atomic mass is 32.2. The third kappa shape index (κ3) is 3.85. The molecule has 0 saturated heterocycles. The topological polar surface area (TPSA) is 46.2 Å². The fourth-order valence-corrected chi connectivity index (χ4v) is 3.17. The van der Waals surface area contributed by atoms with Crippen LogP contribution < -0.4 is 4.72 Å². The third-order valence-corrected chi connectivity index (χ3v) is 4.27. The molecule has 0 aliphatic rings. The maximum absolute atomic E-state index is 11.8. The van der Waals surface area contributed by atoms with Crippen molar-refractivity contribution in [3.63, 3.8) is 0 Å². The van der Waals surface area contributed by atoms with E-state index in [0.717, 1.165) is 5.75 Å². The van der Waals surface area contributed by atoms with Gasteiger partial charge in [0.15, 0.2) is 0 Å². The van der Waals surface area contributed by atoms with Gasteiger partial charge in [0.1, 0.15) is 0 Å². The first-order chi connectivity index (χ1) is 7.06. The summed E-state index contributed by atoms with van der Waals surface area (Å²) in [7, 11) is -3.35. The smallest absolute Gasteiger partial charge is 0.208 e. The number of nitrogens with one attached hydrogen (secondary N) is 1. The highest BCUT2D eigenvalue weighted by Gasteiger charge is 2.15. The van der Waals surface area contributed by atoms with Crippen molar-refractivity contribution in [1.82, 2.24) is 4.72 Å². The molecule has 5 heteroatoms. The van der Waals surface area contributed by atoms with E-state index in [1.165, 1.54) is 0 Å². The summed E-state index contributed by atoms with van der Waals surface area (Å²) in [6.45, 7) is 1.86. The number of hydrogen-bond donors (Lipinski definition) is 1. The largest absolute Gasteiger partial charge is 0.240 e. The van der Waals surface area contributed by atoms with Crippen LogP contribution in [0, 0.1) is 0 Å². The summed E-state index contributed by atoms with van der Waals surface area (Å²) in [6.07, 6.45) is 1.95. The average Bonchev–Trinajstić information content (AvgIpc) is 2.18. The predicted molar refractivity (Wildman–Crippen MR) is 64.6 cm³/mol. The summed E-state index contributed by atoms with van der Waals surface area (Å²) in [6, 6.07) is 8.36. The first-order valence-corrected chi connectivity index (χ1v) is 7.50. The molecule has 0 fully saturated rings. The van der Waals surface area contributed by atoms with Crippen molar-refractivity contribution >= 4 is 21.8 Å². The lowest BCUT2D eigenvalue weighted by Gasteiger charge is -2.12. The molecule has 1 atom stereocenters. The molecule has 1 aromatic carbocycles. The van der Waals surface area contributed by atoms with E-state index < -0.39 is 10.0 Å². The van der Waals surface area contributed by atoms with Crippen molar-refractivity contribution in [1.29, 1.82) is 0 Å². The normalized spacial score (nSPS) is 13.7. The van der Waals surface area contributed by atoms with E-state index in [4.69, 9.17) is 0 Å². The Morgan fingerprint density at radius 2 is 1.93 bits per heavy atom. The minimum absolute atomic E-state index is 0.0507. The molecule has 0 saturated carbocycles. The first kappa shape index (κ1) is 12.5. The van der Waals surface area contributed by atoms with Gasteiger partial charge in [-0.2, -0.15) is 11.8 Å². The van der Waals surface area contributed by atoms with Gasteiger partial charge < -0.3 is 0 Å². The Labute approximate surface area is 95.3 Å². The molecule has 0 heterocycles. The molecular weight excluding hydrogens is 230 g/mol. The van der Waals surface area contributed by atoms with E-state index in [1.54, 1.807) is 42.1 Å². The van der Waals surface area contributed by atoms with Crippen LogP contribution >= 0.6 is 11.8 Å². The molecule has 15 heavy (non-hydrogen) atoms. The highest BCUT2D eigenvalue weighted by Crippen LogP contribution is 2.08. The van der Waals surface area contributed by atoms with Crippen LogP contribution in [0.25, 0.3) is 0 Å². The second-order valence-electron chi connectivity index (χ2n) is 3.29. The van der Waals surface area contributed by atoms with E-state index in [1.807, 2.05) is 13.2 Å². The molecule has 0 amide bonds. The minimum atomic E-state index is -3.35. The zero-order valence-corrected chi connectivity index (χ0v) is 10.4. The Balaban J connectivity index is 2.77. The van der Waals surface area contributed by atoms with Gasteiger partial charge in [0.25, 0.3) is 0 Å². The zero-order chi connectivity index (χ0) is 11.3. The van der Waals surface area contributed by atoms with Crippen LogP contribution in [-0.4, -0.2) is 26.5 Å². The third-order valence-electron chi connectivity index (χ3n) is 1.83. The van der Waals surface area contributed by atoms with Crippen molar-refractivity contribution in [2.24, 2.45) is 0 Å². The summed E-state index contributed by atoms with van der Waals surface area (Å²) >= 11 is 1.62. The molecule has 1 aromatic rings. The van der Waals surface area contributed by atoms with E-state index in [-0.39, 0.29) is 6.04 Å². The molecule has 1 N–H and O–H groups in total. The monoisotopic (exact) mass is 245 g/mol. The number of benzene rings is 1. The second-order valence-corrected chi connectivity index (χ2v) is 5.92. The van der Waals surface area contributed by atoms with Crippen molar-refractivity contribution in [3.8, 4) is 0 Å². The molecule has 0 aliphatic carbocycles. The van der Waals surface area contributed by atoms with E-state index in [9.17, 15) is 8.42 Å². The van der Waals surface area contributed by atoms with Gasteiger partial charge in [0.05, 0.1) is 4.90 Å². The molecule has 84 valence electrons. The Morgan fingerprint density at radius 1 is 1.33 bits per heavy atom. The van der Waals surface area contributed by atoms with E-state index >= 15 is 0 Å². The van der Waals surface area contributed by atoms with Gasteiger partial charge in [0.2, 0.25) is 10.0 Å². The number of rotatable bonds is 5. The lowest BCUT2D eigenvalue weighted by Crippen LogP contribution is -2.34. The van der Waals surface area contributed by atoms with Crippen LogP contribution in [0.1, 0.15) is 6.92 Å². The number of thioether (sulfide) groups is 1. The van der Waals surface area contributed by atoms with Gasteiger partial charge in [-0.15, -0.1) is 0 Å². The lowest BCUT2D eigenvalue weighted by atomic mass is 10.4. The second kappa shape index (κ2) is 5.53. The van der Waals surface area contributed by atoms with Crippen molar-refractivity contribution < 1.29 is 8.42 Å². The van der Waals surface area contributed by atoms with Gasteiger partial charge in [-0.05, 0) is 25.3 Å². The Bertz CT molecular complexity index is 389. The molecule has 3 nitrogen and oxygen atoms in total. The van der Waals surface area contributed by atoms with Gasteiger partial charge in [-0.3, -0.25) is 0 Å². The van der Waals surface area contributed by atoms with Gasteiger partial charge >= 0.3 is 0 Å². The molecular formula is C10H15NO2S2. The Hall–Kier alpha value is -0.520. The number of hydrogen-bond acceptors (Lipinski definition) is 3. The summed E-state index contributed by atoms with van der Waals surface area (Å²) < 4.78 is 26.2. The quantitative estimate of drug-likeness (QED) is 0.859. The Morgan fingerprint density at radius 3 is 2.47 bits per heavy atom. The van der Waals surface area contributed by atoms with Crippen molar-refractivity contribution in [2.75, 3.05) is 12.0 Å². The fourth-order valence-electron chi connectivity index (χ4n) is 1.22.